The van der Waals surface area contributed by atoms with Crippen LogP contribution in [0.2, 0.25) is 0 Å². The molecule has 0 saturated heterocycles. The first-order valence-electron chi connectivity index (χ1n) is 13.3. The molecule has 0 saturated carbocycles. The van der Waals surface area contributed by atoms with E-state index in [0.29, 0.717) is 30.6 Å². The molecule has 8 heteroatoms. The predicted molar refractivity (Wildman–Crippen MR) is 155 cm³/mol. The molecule has 0 aliphatic heterocycles. The molecule has 0 radical (unpaired) electrons. The van der Waals surface area contributed by atoms with E-state index in [1.165, 1.54) is 37.4 Å². The summed E-state index contributed by atoms with van der Waals surface area (Å²) < 4.78 is 40.4. The van der Waals surface area contributed by atoms with Crippen molar-refractivity contribution in [3.63, 3.8) is 0 Å². The number of alkyl halides is 2. The number of carboxylic acid groups (broad SMARTS) is 2. The minimum Gasteiger partial charge on any atom is -0.497 e. The molecule has 42 heavy (non-hydrogen) atoms. The molecule has 0 aliphatic carbocycles. The number of carbonyl (C=O) groups is 2. The second-order valence-electron chi connectivity index (χ2n) is 9.75. The van der Waals surface area contributed by atoms with E-state index < -0.39 is 18.0 Å². The Morgan fingerprint density at radius 2 is 1.38 bits per heavy atom. The van der Waals surface area contributed by atoms with Crippen LogP contribution in [0.15, 0.2) is 103 Å². The van der Waals surface area contributed by atoms with Crippen LogP contribution in [0.5, 0.6) is 11.5 Å². The molecule has 0 bridgehead atoms. The van der Waals surface area contributed by atoms with Crippen molar-refractivity contribution in [3.05, 3.63) is 137 Å². The number of rotatable bonds is 13. The molecule has 0 spiro atoms. The number of aromatic carboxylic acids is 2. The zero-order valence-corrected chi connectivity index (χ0v) is 22.9. The summed E-state index contributed by atoms with van der Waals surface area (Å²) in [6, 6.07) is 25.2. The Kier molecular flexibility index (Phi) is 9.70. The predicted octanol–water partition coefficient (Wildman–Crippen LogP) is 7.72. The van der Waals surface area contributed by atoms with Gasteiger partial charge in [0.25, 0.3) is 0 Å². The third kappa shape index (κ3) is 8.04. The topological polar surface area (TPSA) is 93.1 Å². The van der Waals surface area contributed by atoms with Crippen molar-refractivity contribution in [3.8, 4) is 11.5 Å². The van der Waals surface area contributed by atoms with Gasteiger partial charge < -0.3 is 19.7 Å². The zero-order chi connectivity index (χ0) is 30.1. The van der Waals surface area contributed by atoms with Crippen molar-refractivity contribution in [2.24, 2.45) is 5.92 Å². The molecule has 216 valence electrons. The van der Waals surface area contributed by atoms with Gasteiger partial charge in [-0.05, 0) is 90.9 Å². The Bertz CT molecular complexity index is 1530. The third-order valence-corrected chi connectivity index (χ3v) is 6.83. The fourth-order valence-corrected chi connectivity index (χ4v) is 4.45. The SMILES string of the molecule is COc1ccc(C(F)(F)Oc2ccccc2/C=C/C(CCc2ccc(C(=O)O)cc2)Cc2ccc(C(=O)O)cc2)cc1. The molecule has 0 amide bonds. The molecule has 0 aromatic heterocycles. The smallest absolute Gasteiger partial charge is 0.426 e. The lowest BCUT2D eigenvalue weighted by atomic mass is 9.91. The van der Waals surface area contributed by atoms with E-state index in [0.717, 1.165) is 11.1 Å². The second-order valence-corrected chi connectivity index (χ2v) is 9.75. The van der Waals surface area contributed by atoms with Gasteiger partial charge in [-0.2, -0.15) is 8.78 Å². The van der Waals surface area contributed by atoms with E-state index in [1.807, 2.05) is 6.08 Å². The van der Waals surface area contributed by atoms with Gasteiger partial charge in [0.1, 0.15) is 11.5 Å². The lowest BCUT2D eigenvalue weighted by Crippen LogP contribution is -2.22. The second kappa shape index (κ2) is 13.6. The summed E-state index contributed by atoms with van der Waals surface area (Å²) in [6.07, 6.45) is 2.01. The Labute approximate surface area is 242 Å². The van der Waals surface area contributed by atoms with Gasteiger partial charge in [-0.3, -0.25) is 0 Å². The van der Waals surface area contributed by atoms with Crippen LogP contribution in [-0.4, -0.2) is 29.3 Å². The van der Waals surface area contributed by atoms with Gasteiger partial charge in [0.05, 0.1) is 23.8 Å². The van der Waals surface area contributed by atoms with E-state index in [4.69, 9.17) is 14.6 Å². The Balaban J connectivity index is 1.55. The van der Waals surface area contributed by atoms with Crippen LogP contribution >= 0.6 is 0 Å². The highest BCUT2D eigenvalue weighted by Crippen LogP contribution is 2.34. The number of hydrogen-bond donors (Lipinski definition) is 2. The molecule has 0 fully saturated rings. The van der Waals surface area contributed by atoms with Gasteiger partial charge in [0.2, 0.25) is 0 Å². The molecular formula is C34H30F2O6. The number of allylic oxidation sites excluding steroid dienone is 1. The van der Waals surface area contributed by atoms with Crippen LogP contribution in [0.1, 0.15) is 49.4 Å². The quantitative estimate of drug-likeness (QED) is 0.170. The van der Waals surface area contributed by atoms with Crippen molar-refractivity contribution in [1.82, 2.24) is 0 Å². The largest absolute Gasteiger partial charge is 0.497 e. The van der Waals surface area contributed by atoms with E-state index in [9.17, 15) is 14.7 Å². The third-order valence-electron chi connectivity index (χ3n) is 6.83. The minimum absolute atomic E-state index is 0.0170. The molecule has 2 N–H and O–H groups in total. The number of benzene rings is 4. The summed E-state index contributed by atoms with van der Waals surface area (Å²) in [4.78, 5) is 22.4. The highest BCUT2D eigenvalue weighted by atomic mass is 19.3. The van der Waals surface area contributed by atoms with Crippen LogP contribution < -0.4 is 9.47 Å². The van der Waals surface area contributed by atoms with Crippen molar-refractivity contribution in [2.75, 3.05) is 7.11 Å². The maximum Gasteiger partial charge on any atom is 0.426 e. The summed E-state index contributed by atoms with van der Waals surface area (Å²) in [5.74, 6) is -1.57. The monoisotopic (exact) mass is 572 g/mol. The number of ether oxygens (including phenoxy) is 2. The van der Waals surface area contributed by atoms with Crippen LogP contribution in [-0.2, 0) is 19.0 Å². The molecule has 1 atom stereocenters. The Morgan fingerprint density at radius 3 is 1.95 bits per heavy atom. The first-order chi connectivity index (χ1) is 20.1. The van der Waals surface area contributed by atoms with Crippen molar-refractivity contribution >= 4 is 18.0 Å². The fraction of sp³-hybridized carbons (Fsp3) is 0.176. The number of hydrogen-bond acceptors (Lipinski definition) is 4. The maximum atomic E-state index is 15.1. The summed E-state index contributed by atoms with van der Waals surface area (Å²) in [6.45, 7) is 0. The summed E-state index contributed by atoms with van der Waals surface area (Å²) >= 11 is 0. The van der Waals surface area contributed by atoms with E-state index in [1.54, 1.807) is 72.8 Å². The van der Waals surface area contributed by atoms with E-state index in [2.05, 4.69) is 0 Å². The van der Waals surface area contributed by atoms with Gasteiger partial charge in [0.15, 0.2) is 0 Å². The fourth-order valence-electron chi connectivity index (χ4n) is 4.45. The molecule has 4 aromatic rings. The summed E-state index contributed by atoms with van der Waals surface area (Å²) in [5, 5.41) is 18.4. The summed E-state index contributed by atoms with van der Waals surface area (Å²) in [7, 11) is 1.46. The van der Waals surface area contributed by atoms with Gasteiger partial charge >= 0.3 is 18.0 Å². The number of aryl methyl sites for hydroxylation is 1. The normalized spacial score (nSPS) is 12.2. The lowest BCUT2D eigenvalue weighted by Gasteiger charge is -2.20. The van der Waals surface area contributed by atoms with Gasteiger partial charge in [-0.25, -0.2) is 9.59 Å². The first kappa shape index (κ1) is 30.0. The number of para-hydroxylation sites is 1. The van der Waals surface area contributed by atoms with Crippen LogP contribution in [0.25, 0.3) is 6.08 Å². The van der Waals surface area contributed by atoms with Crippen LogP contribution in [0.3, 0.4) is 0 Å². The first-order valence-corrected chi connectivity index (χ1v) is 13.3. The minimum atomic E-state index is -3.58. The molecule has 4 rings (SSSR count). The Morgan fingerprint density at radius 1 is 0.810 bits per heavy atom. The molecule has 6 nitrogen and oxygen atoms in total. The van der Waals surface area contributed by atoms with Gasteiger partial charge in [-0.15, -0.1) is 0 Å². The van der Waals surface area contributed by atoms with Gasteiger partial charge in [0, 0.05) is 5.56 Å². The Hall–Kier alpha value is -4.98. The average Bonchev–Trinajstić information content (AvgIpc) is 2.99. The van der Waals surface area contributed by atoms with E-state index >= 15 is 8.78 Å². The van der Waals surface area contributed by atoms with Gasteiger partial charge in [-0.1, -0.05) is 54.6 Å². The molecule has 0 aliphatic rings. The summed E-state index contributed by atoms with van der Waals surface area (Å²) in [5.41, 5.74) is 2.44. The standard InChI is InChI=1S/C34H30F2O6/c1-41-30-20-18-29(19-21-30)34(35,36)42-31-5-3-2-4-26(31)13-10-24(22-25-11-16-28(17-12-25)33(39)40)7-6-23-8-14-27(15-9-23)32(37)38/h2-5,8-21,24H,6-7,22H2,1H3,(H,37,38)(H,39,40)/b13-10+. The molecule has 1 unspecified atom stereocenters. The number of carboxylic acids is 2. The maximum absolute atomic E-state index is 15.1. The van der Waals surface area contributed by atoms with Crippen molar-refractivity contribution in [1.29, 1.82) is 0 Å². The van der Waals surface area contributed by atoms with E-state index in [-0.39, 0.29) is 28.4 Å². The lowest BCUT2D eigenvalue weighted by molar-refractivity contribution is -0.185. The average molecular weight is 573 g/mol. The number of halogens is 2. The van der Waals surface area contributed by atoms with Crippen LogP contribution in [0.4, 0.5) is 8.78 Å². The molecule has 0 heterocycles. The van der Waals surface area contributed by atoms with Crippen LogP contribution in [0, 0.1) is 5.92 Å². The van der Waals surface area contributed by atoms with Crippen molar-refractivity contribution in [2.45, 2.75) is 25.4 Å². The highest BCUT2D eigenvalue weighted by Gasteiger charge is 2.35. The number of methoxy groups -OCH3 is 1. The molecule has 4 aromatic carbocycles. The zero-order valence-electron chi connectivity index (χ0n) is 22.9. The highest BCUT2D eigenvalue weighted by molar-refractivity contribution is 5.88. The molecular weight excluding hydrogens is 542 g/mol. The van der Waals surface area contributed by atoms with Crippen molar-refractivity contribution < 1.29 is 38.1 Å².